The normalized spacial score (nSPS) is 14.3. The second-order valence-electron chi connectivity index (χ2n) is 12.8. The molecule has 0 spiro atoms. The summed E-state index contributed by atoms with van der Waals surface area (Å²) in [7, 11) is -4.16. The van der Waals surface area contributed by atoms with Crippen molar-refractivity contribution in [2.24, 2.45) is 0 Å². The first kappa shape index (κ1) is 35.2. The van der Waals surface area contributed by atoms with Gasteiger partial charge in [-0.05, 0) is 71.8 Å². The molecule has 0 bridgehead atoms. The standard InChI is InChI=1S/C39H44ClN3O4S/c1-29(2)32-21-23-35(24-22-32)43(48(46,47)36-19-10-5-11-20-36)28-38(44)42(27-31-15-12-16-33(40)25-31)37(26-30-13-6-3-7-14-30)39(45)41-34-17-8-4-9-18-34/h3,5-7,10-16,19-25,29,34,37H,4,8-9,17-18,26-28H2,1-2H3,(H,41,45). The van der Waals surface area contributed by atoms with Crippen molar-refractivity contribution in [1.29, 1.82) is 0 Å². The van der Waals surface area contributed by atoms with Crippen LogP contribution in [0.1, 0.15) is 68.6 Å². The van der Waals surface area contributed by atoms with Gasteiger partial charge in [0.15, 0.2) is 0 Å². The molecule has 0 saturated heterocycles. The summed E-state index contributed by atoms with van der Waals surface area (Å²) in [5, 5.41) is 3.74. The predicted molar refractivity (Wildman–Crippen MR) is 192 cm³/mol. The summed E-state index contributed by atoms with van der Waals surface area (Å²) < 4.78 is 29.6. The number of nitrogens with one attached hydrogen (secondary N) is 1. The lowest BCUT2D eigenvalue weighted by Gasteiger charge is -2.35. The molecular formula is C39H44ClN3O4S. The van der Waals surface area contributed by atoms with E-state index in [4.69, 9.17) is 11.6 Å². The van der Waals surface area contributed by atoms with Crippen LogP contribution in [0, 0.1) is 0 Å². The number of anilines is 1. The zero-order valence-electron chi connectivity index (χ0n) is 27.6. The summed E-state index contributed by atoms with van der Waals surface area (Å²) in [4.78, 5) is 30.5. The quantitative estimate of drug-likeness (QED) is 0.156. The van der Waals surface area contributed by atoms with E-state index in [1.54, 1.807) is 48.5 Å². The van der Waals surface area contributed by atoms with Crippen LogP contribution in [0.25, 0.3) is 0 Å². The Morgan fingerprint density at radius 2 is 1.44 bits per heavy atom. The molecule has 5 rings (SSSR count). The molecule has 1 fully saturated rings. The predicted octanol–water partition coefficient (Wildman–Crippen LogP) is 7.75. The Balaban J connectivity index is 1.56. The molecule has 0 heterocycles. The van der Waals surface area contributed by atoms with Crippen LogP contribution in [-0.2, 0) is 32.6 Å². The molecule has 0 radical (unpaired) electrons. The minimum absolute atomic E-state index is 0.0297. The highest BCUT2D eigenvalue weighted by Gasteiger charge is 2.35. The van der Waals surface area contributed by atoms with Crippen LogP contribution in [-0.4, -0.2) is 43.8 Å². The maximum atomic E-state index is 14.7. The average molecular weight is 686 g/mol. The van der Waals surface area contributed by atoms with Gasteiger partial charge in [0.1, 0.15) is 12.6 Å². The number of sulfonamides is 1. The van der Waals surface area contributed by atoms with E-state index in [0.29, 0.717) is 10.7 Å². The molecule has 1 aliphatic carbocycles. The number of halogens is 1. The third-order valence-corrected chi connectivity index (χ3v) is 10.9. The van der Waals surface area contributed by atoms with E-state index in [1.807, 2.05) is 48.5 Å². The highest BCUT2D eigenvalue weighted by molar-refractivity contribution is 7.92. The van der Waals surface area contributed by atoms with Gasteiger partial charge < -0.3 is 10.2 Å². The van der Waals surface area contributed by atoms with Crippen LogP contribution < -0.4 is 9.62 Å². The van der Waals surface area contributed by atoms with Crippen molar-refractivity contribution in [2.75, 3.05) is 10.8 Å². The highest BCUT2D eigenvalue weighted by atomic mass is 35.5. The number of hydrogen-bond donors (Lipinski definition) is 1. The number of hydrogen-bond acceptors (Lipinski definition) is 4. The largest absolute Gasteiger partial charge is 0.352 e. The van der Waals surface area contributed by atoms with E-state index < -0.39 is 28.5 Å². The van der Waals surface area contributed by atoms with Crippen molar-refractivity contribution in [1.82, 2.24) is 10.2 Å². The van der Waals surface area contributed by atoms with Crippen LogP contribution >= 0.6 is 11.6 Å². The summed E-state index contributed by atoms with van der Waals surface area (Å²) in [6.07, 6.45) is 5.27. The van der Waals surface area contributed by atoms with Gasteiger partial charge >= 0.3 is 0 Å². The maximum Gasteiger partial charge on any atom is 0.264 e. The fourth-order valence-electron chi connectivity index (χ4n) is 6.20. The molecule has 1 aliphatic rings. The van der Waals surface area contributed by atoms with Gasteiger partial charge in [0, 0.05) is 24.0 Å². The van der Waals surface area contributed by atoms with Crippen LogP contribution in [0.5, 0.6) is 0 Å². The molecule has 1 unspecified atom stereocenters. The van der Waals surface area contributed by atoms with Gasteiger partial charge in [-0.2, -0.15) is 0 Å². The van der Waals surface area contributed by atoms with Crippen molar-refractivity contribution in [3.05, 3.63) is 131 Å². The van der Waals surface area contributed by atoms with Crippen LogP contribution in [0.3, 0.4) is 0 Å². The molecule has 252 valence electrons. The van der Waals surface area contributed by atoms with Crippen LogP contribution in [0.4, 0.5) is 5.69 Å². The Labute approximate surface area is 290 Å². The highest BCUT2D eigenvalue weighted by Crippen LogP contribution is 2.27. The number of carbonyl (C=O) groups is 2. The Kier molecular flexibility index (Phi) is 12.0. The monoisotopic (exact) mass is 685 g/mol. The first-order chi connectivity index (χ1) is 23.1. The van der Waals surface area contributed by atoms with Gasteiger partial charge in [0.05, 0.1) is 10.6 Å². The number of benzene rings is 4. The number of rotatable bonds is 13. The topological polar surface area (TPSA) is 86.8 Å². The Bertz CT molecular complexity index is 1760. The van der Waals surface area contributed by atoms with Gasteiger partial charge in [-0.3, -0.25) is 13.9 Å². The van der Waals surface area contributed by atoms with Crippen molar-refractivity contribution >= 4 is 39.1 Å². The second-order valence-corrected chi connectivity index (χ2v) is 15.1. The smallest absolute Gasteiger partial charge is 0.264 e. The molecule has 0 aromatic heterocycles. The summed E-state index contributed by atoms with van der Waals surface area (Å²) >= 11 is 6.37. The molecule has 48 heavy (non-hydrogen) atoms. The molecule has 1 saturated carbocycles. The van der Waals surface area contributed by atoms with Crippen LogP contribution in [0.2, 0.25) is 5.02 Å². The maximum absolute atomic E-state index is 14.7. The molecule has 1 atom stereocenters. The first-order valence-electron chi connectivity index (χ1n) is 16.7. The van der Waals surface area contributed by atoms with Gasteiger partial charge in [-0.1, -0.05) is 118 Å². The lowest BCUT2D eigenvalue weighted by molar-refractivity contribution is -0.140. The third-order valence-electron chi connectivity index (χ3n) is 8.92. The Hall–Kier alpha value is -4.14. The lowest BCUT2D eigenvalue weighted by atomic mass is 9.94. The van der Waals surface area contributed by atoms with E-state index in [1.165, 1.54) is 17.0 Å². The van der Waals surface area contributed by atoms with Gasteiger partial charge in [-0.15, -0.1) is 0 Å². The van der Waals surface area contributed by atoms with Crippen molar-refractivity contribution in [3.8, 4) is 0 Å². The Morgan fingerprint density at radius 3 is 2.06 bits per heavy atom. The van der Waals surface area contributed by atoms with E-state index >= 15 is 0 Å². The lowest BCUT2D eigenvalue weighted by Crippen LogP contribution is -2.55. The van der Waals surface area contributed by atoms with Crippen LogP contribution in [0.15, 0.2) is 114 Å². The Morgan fingerprint density at radius 1 is 0.812 bits per heavy atom. The average Bonchev–Trinajstić information content (AvgIpc) is 3.10. The van der Waals surface area contributed by atoms with E-state index in [9.17, 15) is 18.0 Å². The number of carbonyl (C=O) groups excluding carboxylic acids is 2. The number of amides is 2. The minimum atomic E-state index is -4.16. The second kappa shape index (κ2) is 16.3. The summed E-state index contributed by atoms with van der Waals surface area (Å²) in [5.74, 6) is -0.503. The van der Waals surface area contributed by atoms with E-state index in [-0.39, 0.29) is 35.7 Å². The van der Waals surface area contributed by atoms with Crippen molar-refractivity contribution in [2.45, 2.75) is 81.8 Å². The summed E-state index contributed by atoms with van der Waals surface area (Å²) in [6.45, 7) is 3.70. The van der Waals surface area contributed by atoms with Gasteiger partial charge in [-0.25, -0.2) is 8.42 Å². The van der Waals surface area contributed by atoms with Gasteiger partial charge in [0.25, 0.3) is 10.0 Å². The van der Waals surface area contributed by atoms with Crippen molar-refractivity contribution < 1.29 is 18.0 Å². The molecule has 1 N–H and O–H groups in total. The molecular weight excluding hydrogens is 642 g/mol. The molecule has 4 aromatic rings. The van der Waals surface area contributed by atoms with E-state index in [2.05, 4.69) is 19.2 Å². The zero-order valence-corrected chi connectivity index (χ0v) is 29.2. The fourth-order valence-corrected chi connectivity index (χ4v) is 7.85. The molecule has 2 amide bonds. The first-order valence-corrected chi connectivity index (χ1v) is 18.5. The number of nitrogens with zero attached hydrogens (tertiary/aromatic N) is 2. The zero-order chi connectivity index (χ0) is 34.1. The van der Waals surface area contributed by atoms with Gasteiger partial charge in [0.2, 0.25) is 11.8 Å². The van der Waals surface area contributed by atoms with Crippen molar-refractivity contribution in [3.63, 3.8) is 0 Å². The molecule has 0 aliphatic heterocycles. The fraction of sp³-hybridized carbons (Fsp3) is 0.333. The molecule has 4 aromatic carbocycles. The summed E-state index contributed by atoms with van der Waals surface area (Å²) in [5.41, 5.74) is 3.04. The third kappa shape index (κ3) is 9.05. The summed E-state index contributed by atoms with van der Waals surface area (Å²) in [6, 6.07) is 31.3. The molecule has 9 heteroatoms. The minimum Gasteiger partial charge on any atom is -0.352 e. The van der Waals surface area contributed by atoms with E-state index in [0.717, 1.165) is 53.1 Å². The SMILES string of the molecule is CC(C)c1ccc(N(CC(=O)N(Cc2cccc(Cl)c2)C(Cc2ccccc2)C(=O)NC2CCCCC2)S(=O)(=O)c2ccccc2)cc1. The molecule has 7 nitrogen and oxygen atoms in total.